The van der Waals surface area contributed by atoms with E-state index in [0.29, 0.717) is 13.0 Å². The normalized spacial score (nSPS) is 12.2. The Bertz CT molecular complexity index is 354. The van der Waals surface area contributed by atoms with Crippen molar-refractivity contribution in [3.8, 4) is 0 Å². The highest BCUT2D eigenvalue weighted by Gasteiger charge is 2.09. The van der Waals surface area contributed by atoms with Gasteiger partial charge >= 0.3 is 5.97 Å². The number of hydrogen-bond acceptors (Lipinski definition) is 2. The molecule has 3 nitrogen and oxygen atoms in total. The van der Waals surface area contributed by atoms with Crippen LogP contribution in [0.1, 0.15) is 24.5 Å². The first-order chi connectivity index (χ1) is 7.49. The van der Waals surface area contributed by atoms with Crippen molar-refractivity contribution in [3.63, 3.8) is 0 Å². The minimum absolute atomic E-state index is 0.293. The zero-order chi connectivity index (χ0) is 12.1. The van der Waals surface area contributed by atoms with Crippen molar-refractivity contribution in [3.05, 3.63) is 29.3 Å². The largest absolute Gasteiger partial charge is 0.481 e. The van der Waals surface area contributed by atoms with Crippen LogP contribution in [-0.2, 0) is 4.79 Å². The molecule has 16 heavy (non-hydrogen) atoms. The fourth-order valence-corrected chi connectivity index (χ4v) is 1.63. The van der Waals surface area contributed by atoms with E-state index < -0.39 is 5.97 Å². The summed E-state index contributed by atoms with van der Waals surface area (Å²) < 4.78 is 0. The molecule has 0 aliphatic carbocycles. The average Bonchev–Trinajstić information content (AvgIpc) is 2.15. The van der Waals surface area contributed by atoms with E-state index in [-0.39, 0.29) is 5.92 Å². The maximum absolute atomic E-state index is 10.6. The molecule has 1 atom stereocenters. The summed E-state index contributed by atoms with van der Waals surface area (Å²) in [6, 6.07) is 6.25. The van der Waals surface area contributed by atoms with Crippen LogP contribution in [0.3, 0.4) is 0 Å². The van der Waals surface area contributed by atoms with Crippen LogP contribution in [0.5, 0.6) is 0 Å². The van der Waals surface area contributed by atoms with Gasteiger partial charge in [-0.15, -0.1) is 0 Å². The van der Waals surface area contributed by atoms with Gasteiger partial charge in [0.1, 0.15) is 0 Å². The Kier molecular flexibility index (Phi) is 4.35. The molecule has 1 rings (SSSR count). The topological polar surface area (TPSA) is 49.3 Å². The number of carbonyl (C=O) groups is 1. The van der Waals surface area contributed by atoms with Crippen molar-refractivity contribution < 1.29 is 9.90 Å². The van der Waals surface area contributed by atoms with E-state index >= 15 is 0 Å². The van der Waals surface area contributed by atoms with Crippen LogP contribution in [0.4, 0.5) is 5.69 Å². The first-order valence-electron chi connectivity index (χ1n) is 5.54. The van der Waals surface area contributed by atoms with E-state index in [4.69, 9.17) is 5.11 Å². The molecule has 0 saturated carbocycles. The molecule has 0 radical (unpaired) electrons. The second-order valence-corrected chi connectivity index (χ2v) is 4.33. The number of aliphatic carboxylic acids is 1. The highest BCUT2D eigenvalue weighted by atomic mass is 16.4. The molecule has 3 heteroatoms. The van der Waals surface area contributed by atoms with E-state index in [1.165, 1.54) is 11.1 Å². The fourth-order valence-electron chi connectivity index (χ4n) is 1.63. The van der Waals surface area contributed by atoms with Gasteiger partial charge in [0, 0.05) is 12.2 Å². The van der Waals surface area contributed by atoms with Crippen LogP contribution >= 0.6 is 0 Å². The lowest BCUT2D eigenvalue weighted by molar-refractivity contribution is -0.141. The first kappa shape index (κ1) is 12.6. The van der Waals surface area contributed by atoms with Crippen molar-refractivity contribution >= 4 is 11.7 Å². The van der Waals surface area contributed by atoms with E-state index in [9.17, 15) is 4.79 Å². The van der Waals surface area contributed by atoms with Gasteiger partial charge in [0.25, 0.3) is 0 Å². The summed E-state index contributed by atoms with van der Waals surface area (Å²) in [5.74, 6) is -1.03. The van der Waals surface area contributed by atoms with Gasteiger partial charge in [-0.25, -0.2) is 0 Å². The second kappa shape index (κ2) is 5.54. The molecule has 0 amide bonds. The van der Waals surface area contributed by atoms with Gasteiger partial charge in [0.05, 0.1) is 5.92 Å². The molecule has 0 spiro atoms. The zero-order valence-corrected chi connectivity index (χ0v) is 10.1. The molecule has 0 aliphatic heterocycles. The molecule has 1 aromatic carbocycles. The number of benzene rings is 1. The standard InChI is InChI=1S/C13H19NO2/c1-9-6-10(2)8-12(7-9)14-5-4-11(3)13(15)16/h6-8,11,14H,4-5H2,1-3H3,(H,15,16). The Hall–Kier alpha value is -1.51. The third kappa shape index (κ3) is 3.93. The summed E-state index contributed by atoms with van der Waals surface area (Å²) >= 11 is 0. The molecule has 0 aromatic heterocycles. The predicted molar refractivity (Wildman–Crippen MR) is 65.8 cm³/mol. The van der Waals surface area contributed by atoms with Gasteiger partial charge in [-0.2, -0.15) is 0 Å². The van der Waals surface area contributed by atoms with Crippen molar-refractivity contribution in [1.82, 2.24) is 0 Å². The lowest BCUT2D eigenvalue weighted by Gasteiger charge is -2.10. The summed E-state index contributed by atoms with van der Waals surface area (Å²) in [7, 11) is 0. The number of anilines is 1. The maximum atomic E-state index is 10.6. The predicted octanol–water partition coefficient (Wildman–Crippen LogP) is 2.83. The van der Waals surface area contributed by atoms with E-state index in [0.717, 1.165) is 5.69 Å². The Balaban J connectivity index is 2.46. The Morgan fingerprint density at radius 1 is 1.31 bits per heavy atom. The third-order valence-corrected chi connectivity index (χ3v) is 2.55. The average molecular weight is 221 g/mol. The van der Waals surface area contributed by atoms with Crippen LogP contribution < -0.4 is 5.32 Å². The van der Waals surface area contributed by atoms with Gasteiger partial charge in [0.15, 0.2) is 0 Å². The van der Waals surface area contributed by atoms with Gasteiger partial charge in [0.2, 0.25) is 0 Å². The van der Waals surface area contributed by atoms with Crippen LogP contribution in [0.15, 0.2) is 18.2 Å². The molecule has 2 N–H and O–H groups in total. The van der Waals surface area contributed by atoms with Crippen molar-refractivity contribution in [2.75, 3.05) is 11.9 Å². The van der Waals surface area contributed by atoms with Crippen LogP contribution in [-0.4, -0.2) is 17.6 Å². The minimum Gasteiger partial charge on any atom is -0.481 e. The fraction of sp³-hybridized carbons (Fsp3) is 0.462. The van der Waals surface area contributed by atoms with Crippen LogP contribution in [0.2, 0.25) is 0 Å². The summed E-state index contributed by atoms with van der Waals surface area (Å²) in [6.45, 7) is 6.53. The van der Waals surface area contributed by atoms with Gasteiger partial charge in [-0.05, 0) is 43.5 Å². The lowest BCUT2D eigenvalue weighted by Crippen LogP contribution is -2.14. The van der Waals surface area contributed by atoms with Crippen molar-refractivity contribution in [2.24, 2.45) is 5.92 Å². The molecule has 1 unspecified atom stereocenters. The van der Waals surface area contributed by atoms with Crippen molar-refractivity contribution in [2.45, 2.75) is 27.2 Å². The van der Waals surface area contributed by atoms with E-state index in [2.05, 4.69) is 37.4 Å². The highest BCUT2D eigenvalue weighted by molar-refractivity contribution is 5.69. The highest BCUT2D eigenvalue weighted by Crippen LogP contribution is 2.14. The number of rotatable bonds is 5. The molecule has 0 bridgehead atoms. The Morgan fingerprint density at radius 3 is 2.38 bits per heavy atom. The molecule has 1 aromatic rings. The summed E-state index contributed by atoms with van der Waals surface area (Å²) in [5.41, 5.74) is 3.50. The molecule has 0 aliphatic rings. The van der Waals surface area contributed by atoms with Gasteiger partial charge in [-0.1, -0.05) is 13.0 Å². The molecule has 88 valence electrons. The SMILES string of the molecule is Cc1cc(C)cc(NCCC(C)C(=O)O)c1. The quantitative estimate of drug-likeness (QED) is 0.803. The first-order valence-corrected chi connectivity index (χ1v) is 5.54. The Labute approximate surface area is 96.5 Å². The molecular formula is C13H19NO2. The lowest BCUT2D eigenvalue weighted by atomic mass is 10.1. The van der Waals surface area contributed by atoms with Gasteiger partial charge < -0.3 is 10.4 Å². The number of nitrogens with one attached hydrogen (secondary N) is 1. The zero-order valence-electron chi connectivity index (χ0n) is 10.1. The second-order valence-electron chi connectivity index (χ2n) is 4.33. The van der Waals surface area contributed by atoms with E-state index in [1.54, 1.807) is 6.92 Å². The van der Waals surface area contributed by atoms with Crippen molar-refractivity contribution in [1.29, 1.82) is 0 Å². The van der Waals surface area contributed by atoms with Gasteiger partial charge in [-0.3, -0.25) is 4.79 Å². The summed E-state index contributed by atoms with van der Waals surface area (Å²) in [6.07, 6.45) is 0.641. The molecule has 0 saturated heterocycles. The molecular weight excluding hydrogens is 202 g/mol. The summed E-state index contributed by atoms with van der Waals surface area (Å²) in [5, 5.41) is 12.0. The Morgan fingerprint density at radius 2 is 1.88 bits per heavy atom. The third-order valence-electron chi connectivity index (χ3n) is 2.55. The molecule has 0 heterocycles. The smallest absolute Gasteiger partial charge is 0.306 e. The summed E-state index contributed by atoms with van der Waals surface area (Å²) in [4.78, 5) is 10.6. The van der Waals surface area contributed by atoms with Crippen LogP contribution in [0, 0.1) is 19.8 Å². The number of hydrogen-bond donors (Lipinski definition) is 2. The maximum Gasteiger partial charge on any atom is 0.306 e. The minimum atomic E-state index is -0.734. The number of aryl methyl sites for hydroxylation is 2. The van der Waals surface area contributed by atoms with E-state index in [1.807, 2.05) is 0 Å². The number of carboxylic acid groups (broad SMARTS) is 1. The van der Waals surface area contributed by atoms with Crippen LogP contribution in [0.25, 0.3) is 0 Å². The number of carboxylic acids is 1. The monoisotopic (exact) mass is 221 g/mol. The molecule has 0 fully saturated rings.